The summed E-state index contributed by atoms with van der Waals surface area (Å²) in [4.78, 5) is 10.4. The van der Waals surface area contributed by atoms with E-state index < -0.39 is 10.7 Å². The molecule has 0 saturated heterocycles. The second kappa shape index (κ2) is 7.00. The quantitative estimate of drug-likeness (QED) is 0.391. The molecule has 0 aliphatic carbocycles. The first kappa shape index (κ1) is 15.9. The normalized spacial score (nSPS) is 10.4. The van der Waals surface area contributed by atoms with Gasteiger partial charge in [-0.15, -0.1) is 0 Å². The van der Waals surface area contributed by atoms with Crippen LogP contribution in [0, 0.1) is 15.9 Å². The molecule has 0 amide bonds. The minimum atomic E-state index is -0.486. The number of benzene rings is 2. The maximum Gasteiger partial charge on any atom is 0.283 e. The number of hydrogen-bond donors (Lipinski definition) is 0. The van der Waals surface area contributed by atoms with Gasteiger partial charge in [-0.3, -0.25) is 10.1 Å². The number of ether oxygens (including phenoxy) is 1. The van der Waals surface area contributed by atoms with Gasteiger partial charge in [0.25, 0.3) is 5.69 Å². The van der Waals surface area contributed by atoms with Crippen LogP contribution in [0.25, 0.3) is 0 Å². The number of rotatable bonds is 5. The maximum atomic E-state index is 13.8. The third-order valence-corrected chi connectivity index (χ3v) is 4.34. The molecule has 0 aliphatic rings. The highest BCUT2D eigenvalue weighted by molar-refractivity contribution is 9.10. The van der Waals surface area contributed by atoms with Gasteiger partial charge in [0.1, 0.15) is 11.1 Å². The van der Waals surface area contributed by atoms with Crippen LogP contribution in [0.1, 0.15) is 11.1 Å². The standard InChI is InChI=1S/C14H10Br2FNO3/c15-7-9-3-1-5-11(17)14(9)21-8-10-4-2-6-12(13(10)16)18(19)20/h1-6H,7-8H2. The number of nitro benzene ring substituents is 1. The van der Waals surface area contributed by atoms with Gasteiger partial charge in [-0.2, -0.15) is 0 Å². The van der Waals surface area contributed by atoms with E-state index in [1.807, 2.05) is 0 Å². The predicted molar refractivity (Wildman–Crippen MR) is 84.2 cm³/mol. The van der Waals surface area contributed by atoms with Gasteiger partial charge in [0.2, 0.25) is 0 Å². The molecule has 110 valence electrons. The highest BCUT2D eigenvalue weighted by atomic mass is 79.9. The van der Waals surface area contributed by atoms with Crippen molar-refractivity contribution in [2.75, 3.05) is 0 Å². The summed E-state index contributed by atoms with van der Waals surface area (Å²) in [6.07, 6.45) is 0. The zero-order valence-electron chi connectivity index (χ0n) is 10.7. The van der Waals surface area contributed by atoms with E-state index in [9.17, 15) is 14.5 Å². The van der Waals surface area contributed by atoms with Gasteiger partial charge >= 0.3 is 0 Å². The number of nitro groups is 1. The van der Waals surface area contributed by atoms with Gasteiger partial charge in [0, 0.05) is 22.5 Å². The SMILES string of the molecule is O=[N+]([O-])c1cccc(COc2c(F)cccc2CBr)c1Br. The minimum Gasteiger partial charge on any atom is -0.485 e. The molecule has 0 unspecified atom stereocenters. The van der Waals surface area contributed by atoms with Gasteiger partial charge < -0.3 is 4.74 Å². The summed E-state index contributed by atoms with van der Waals surface area (Å²) in [6.45, 7) is 0.0309. The van der Waals surface area contributed by atoms with Crippen LogP contribution in [0.4, 0.5) is 10.1 Å². The first-order chi connectivity index (χ1) is 10.0. The Labute approximate surface area is 137 Å². The monoisotopic (exact) mass is 417 g/mol. The number of halogens is 3. The van der Waals surface area contributed by atoms with Crippen LogP contribution in [0.2, 0.25) is 0 Å². The fourth-order valence-electron chi connectivity index (χ4n) is 1.79. The molecule has 2 aromatic carbocycles. The Morgan fingerprint density at radius 3 is 2.52 bits per heavy atom. The molecule has 21 heavy (non-hydrogen) atoms. The van der Waals surface area contributed by atoms with E-state index >= 15 is 0 Å². The molecule has 0 fully saturated rings. The first-order valence-electron chi connectivity index (χ1n) is 5.92. The molecule has 0 radical (unpaired) electrons. The predicted octanol–water partition coefficient (Wildman–Crippen LogP) is 4.97. The van der Waals surface area contributed by atoms with Gasteiger partial charge in [-0.05, 0) is 22.0 Å². The van der Waals surface area contributed by atoms with Gasteiger partial charge in [0.15, 0.2) is 11.6 Å². The molecular formula is C14H10Br2FNO3. The molecule has 7 heteroatoms. The number of alkyl halides is 1. The largest absolute Gasteiger partial charge is 0.485 e. The highest BCUT2D eigenvalue weighted by Gasteiger charge is 2.16. The van der Waals surface area contributed by atoms with Crippen molar-refractivity contribution >= 4 is 37.5 Å². The lowest BCUT2D eigenvalue weighted by Gasteiger charge is -2.12. The van der Waals surface area contributed by atoms with E-state index in [1.54, 1.807) is 24.3 Å². The van der Waals surface area contributed by atoms with Crippen LogP contribution < -0.4 is 4.74 Å². The van der Waals surface area contributed by atoms with Gasteiger partial charge in [-0.25, -0.2) is 4.39 Å². The van der Waals surface area contributed by atoms with Crippen molar-refractivity contribution in [1.29, 1.82) is 0 Å². The Kier molecular flexibility index (Phi) is 5.30. The zero-order valence-corrected chi connectivity index (χ0v) is 13.9. The molecule has 0 aliphatic heterocycles. The summed E-state index contributed by atoms with van der Waals surface area (Å²) < 4.78 is 19.6. The van der Waals surface area contributed by atoms with E-state index in [-0.39, 0.29) is 18.0 Å². The van der Waals surface area contributed by atoms with Gasteiger partial charge in [0.05, 0.1) is 4.92 Å². The van der Waals surface area contributed by atoms with Gasteiger partial charge in [-0.1, -0.05) is 40.2 Å². The van der Waals surface area contributed by atoms with E-state index in [0.29, 0.717) is 20.9 Å². The van der Waals surface area contributed by atoms with Crippen LogP contribution in [-0.4, -0.2) is 4.92 Å². The number of nitrogens with zero attached hydrogens (tertiary/aromatic N) is 1. The molecule has 2 rings (SSSR count). The van der Waals surface area contributed by atoms with Crippen LogP contribution in [0.15, 0.2) is 40.9 Å². The maximum absolute atomic E-state index is 13.8. The molecule has 0 bridgehead atoms. The molecule has 0 atom stereocenters. The van der Waals surface area contributed by atoms with Crippen molar-refractivity contribution in [3.05, 3.63) is 67.9 Å². The Morgan fingerprint density at radius 1 is 1.19 bits per heavy atom. The van der Waals surface area contributed by atoms with E-state index in [0.717, 1.165) is 0 Å². The second-order valence-electron chi connectivity index (χ2n) is 4.16. The van der Waals surface area contributed by atoms with Crippen molar-refractivity contribution in [1.82, 2.24) is 0 Å². The summed E-state index contributed by atoms with van der Waals surface area (Å²) >= 11 is 6.45. The minimum absolute atomic E-state index is 0.0309. The average molecular weight is 419 g/mol. The van der Waals surface area contributed by atoms with E-state index in [4.69, 9.17) is 4.74 Å². The van der Waals surface area contributed by atoms with Crippen LogP contribution in [0.3, 0.4) is 0 Å². The lowest BCUT2D eigenvalue weighted by Crippen LogP contribution is -2.02. The summed E-state index contributed by atoms with van der Waals surface area (Å²) in [5.41, 5.74) is 1.20. The molecule has 0 spiro atoms. The van der Waals surface area contributed by atoms with Crippen LogP contribution in [-0.2, 0) is 11.9 Å². The van der Waals surface area contributed by atoms with E-state index in [2.05, 4.69) is 31.9 Å². The first-order valence-corrected chi connectivity index (χ1v) is 7.84. The molecule has 0 N–H and O–H groups in total. The topological polar surface area (TPSA) is 52.4 Å². The zero-order chi connectivity index (χ0) is 15.4. The fourth-order valence-corrected chi connectivity index (χ4v) is 2.75. The van der Waals surface area contributed by atoms with Crippen molar-refractivity contribution in [3.8, 4) is 5.75 Å². The van der Waals surface area contributed by atoms with Crippen molar-refractivity contribution in [3.63, 3.8) is 0 Å². The smallest absolute Gasteiger partial charge is 0.283 e. The Hall–Kier alpha value is -1.47. The summed E-state index contributed by atoms with van der Waals surface area (Å²) in [5, 5.41) is 11.3. The second-order valence-corrected chi connectivity index (χ2v) is 5.51. The lowest BCUT2D eigenvalue weighted by molar-refractivity contribution is -0.385. The Balaban J connectivity index is 2.25. The lowest BCUT2D eigenvalue weighted by atomic mass is 10.2. The van der Waals surface area contributed by atoms with Crippen molar-refractivity contribution < 1.29 is 14.1 Å². The molecular weight excluding hydrogens is 409 g/mol. The van der Waals surface area contributed by atoms with Crippen molar-refractivity contribution in [2.24, 2.45) is 0 Å². The van der Waals surface area contributed by atoms with E-state index in [1.165, 1.54) is 12.1 Å². The van der Waals surface area contributed by atoms with Crippen LogP contribution >= 0.6 is 31.9 Å². The molecule has 0 heterocycles. The molecule has 0 saturated carbocycles. The molecule has 0 aromatic heterocycles. The number of para-hydroxylation sites is 1. The van der Waals surface area contributed by atoms with Crippen molar-refractivity contribution in [2.45, 2.75) is 11.9 Å². The van der Waals surface area contributed by atoms with Crippen LogP contribution in [0.5, 0.6) is 5.75 Å². The summed E-state index contributed by atoms with van der Waals surface area (Å²) in [7, 11) is 0. The molecule has 2 aromatic rings. The Bertz CT molecular complexity index is 679. The third-order valence-electron chi connectivity index (χ3n) is 2.82. The summed E-state index contributed by atoms with van der Waals surface area (Å²) in [5.74, 6) is -0.318. The highest BCUT2D eigenvalue weighted by Crippen LogP contribution is 2.31. The Morgan fingerprint density at radius 2 is 1.86 bits per heavy atom. The number of hydrogen-bond acceptors (Lipinski definition) is 3. The fraction of sp³-hybridized carbons (Fsp3) is 0.143. The molecule has 4 nitrogen and oxygen atoms in total. The average Bonchev–Trinajstić information content (AvgIpc) is 2.46. The summed E-state index contributed by atoms with van der Waals surface area (Å²) in [6, 6.07) is 9.29. The third kappa shape index (κ3) is 3.59.